The van der Waals surface area contributed by atoms with E-state index in [0.717, 1.165) is 6.42 Å². The number of hydrogen-bond acceptors (Lipinski definition) is 1. The van der Waals surface area contributed by atoms with Crippen LogP contribution in [0.15, 0.2) is 12.2 Å². The summed E-state index contributed by atoms with van der Waals surface area (Å²) >= 11 is 0. The Bertz CT molecular complexity index is 205. The van der Waals surface area contributed by atoms with Gasteiger partial charge in [0, 0.05) is 5.92 Å². The second-order valence-corrected chi connectivity index (χ2v) is 3.69. The second-order valence-electron chi connectivity index (χ2n) is 3.69. The molecule has 2 atom stereocenters. The molecule has 0 spiro atoms. The van der Waals surface area contributed by atoms with Crippen molar-refractivity contribution in [2.75, 3.05) is 0 Å². The van der Waals surface area contributed by atoms with Gasteiger partial charge >= 0.3 is 0 Å². The van der Waals surface area contributed by atoms with Crippen LogP contribution < -0.4 is 0 Å². The number of rotatable bonds is 0. The lowest BCUT2D eigenvalue weighted by Gasteiger charge is -2.19. The van der Waals surface area contributed by atoms with Gasteiger partial charge in [0.2, 0.25) is 0 Å². The van der Waals surface area contributed by atoms with Crippen molar-refractivity contribution in [1.29, 1.82) is 0 Å². The van der Waals surface area contributed by atoms with Crippen molar-refractivity contribution in [3.05, 3.63) is 12.2 Å². The summed E-state index contributed by atoms with van der Waals surface area (Å²) in [6, 6.07) is 0. The molecule has 1 saturated carbocycles. The van der Waals surface area contributed by atoms with E-state index in [2.05, 4.69) is 13.0 Å². The van der Waals surface area contributed by atoms with Gasteiger partial charge in [-0.1, -0.05) is 19.4 Å². The Hall–Kier alpha value is -0.590. The Morgan fingerprint density at radius 1 is 1.70 bits per heavy atom. The van der Waals surface area contributed by atoms with Gasteiger partial charge in [0.1, 0.15) is 0 Å². The van der Waals surface area contributed by atoms with Crippen LogP contribution in [-0.2, 0) is 4.79 Å². The Kier molecular flexibility index (Phi) is 1.05. The molecular weight excluding hydrogens is 124 g/mol. The van der Waals surface area contributed by atoms with Crippen LogP contribution in [0.2, 0.25) is 0 Å². The number of fused-ring (bicyclic) bond motifs is 1. The standard InChI is InChI=1S/C9H12O/c1-9-5-2-3-7(9)8(10)4-6-9/h4,6-7H,2-3,5H2,1H3/t7-,9+/m1/s1. The molecule has 10 heavy (non-hydrogen) atoms. The van der Waals surface area contributed by atoms with Crippen molar-refractivity contribution in [2.45, 2.75) is 26.2 Å². The van der Waals surface area contributed by atoms with Crippen molar-refractivity contribution in [2.24, 2.45) is 11.3 Å². The summed E-state index contributed by atoms with van der Waals surface area (Å²) in [5.41, 5.74) is 0.247. The molecule has 0 radical (unpaired) electrons. The Morgan fingerprint density at radius 3 is 3.20 bits per heavy atom. The van der Waals surface area contributed by atoms with Gasteiger partial charge in [0.05, 0.1) is 0 Å². The molecule has 0 unspecified atom stereocenters. The number of carbonyl (C=O) groups is 1. The summed E-state index contributed by atoms with van der Waals surface area (Å²) in [7, 11) is 0. The molecule has 1 fully saturated rings. The van der Waals surface area contributed by atoms with E-state index < -0.39 is 0 Å². The van der Waals surface area contributed by atoms with E-state index >= 15 is 0 Å². The minimum Gasteiger partial charge on any atom is -0.295 e. The molecular formula is C9H12O. The molecule has 1 heteroatoms. The molecule has 2 aliphatic carbocycles. The smallest absolute Gasteiger partial charge is 0.159 e. The van der Waals surface area contributed by atoms with E-state index in [9.17, 15) is 4.79 Å². The van der Waals surface area contributed by atoms with E-state index in [1.807, 2.05) is 0 Å². The predicted octanol–water partition coefficient (Wildman–Crippen LogP) is 1.93. The lowest BCUT2D eigenvalue weighted by Crippen LogP contribution is -2.19. The second kappa shape index (κ2) is 1.71. The fourth-order valence-electron chi connectivity index (χ4n) is 2.25. The van der Waals surface area contributed by atoms with E-state index in [0.29, 0.717) is 11.7 Å². The fraction of sp³-hybridized carbons (Fsp3) is 0.667. The van der Waals surface area contributed by atoms with Crippen LogP contribution in [0.5, 0.6) is 0 Å². The van der Waals surface area contributed by atoms with Crippen molar-refractivity contribution >= 4 is 5.78 Å². The zero-order chi connectivity index (χ0) is 7.19. The van der Waals surface area contributed by atoms with Gasteiger partial charge in [-0.2, -0.15) is 0 Å². The monoisotopic (exact) mass is 136 g/mol. The lowest BCUT2D eigenvalue weighted by molar-refractivity contribution is -0.118. The highest BCUT2D eigenvalue weighted by Gasteiger charge is 2.43. The molecule has 0 aliphatic heterocycles. The van der Waals surface area contributed by atoms with Gasteiger partial charge in [-0.15, -0.1) is 0 Å². The first-order chi connectivity index (χ1) is 4.72. The van der Waals surface area contributed by atoms with Crippen LogP contribution in [0, 0.1) is 11.3 Å². The summed E-state index contributed by atoms with van der Waals surface area (Å²) < 4.78 is 0. The van der Waals surface area contributed by atoms with E-state index in [1.54, 1.807) is 6.08 Å². The molecule has 1 nitrogen and oxygen atoms in total. The number of carbonyl (C=O) groups excluding carboxylic acids is 1. The molecule has 0 aromatic rings. The van der Waals surface area contributed by atoms with Gasteiger partial charge in [0.25, 0.3) is 0 Å². The fourth-order valence-corrected chi connectivity index (χ4v) is 2.25. The summed E-state index contributed by atoms with van der Waals surface area (Å²) in [5.74, 6) is 0.701. The highest BCUT2D eigenvalue weighted by molar-refractivity contribution is 5.95. The van der Waals surface area contributed by atoms with E-state index in [4.69, 9.17) is 0 Å². The van der Waals surface area contributed by atoms with Gasteiger partial charge in [-0.25, -0.2) is 0 Å². The van der Waals surface area contributed by atoms with Crippen LogP contribution in [0.3, 0.4) is 0 Å². The summed E-state index contributed by atoms with van der Waals surface area (Å²) in [5, 5.41) is 0. The highest BCUT2D eigenvalue weighted by Crippen LogP contribution is 2.48. The molecule has 0 bridgehead atoms. The molecule has 2 aliphatic rings. The maximum Gasteiger partial charge on any atom is 0.159 e. The van der Waals surface area contributed by atoms with Crippen molar-refractivity contribution < 1.29 is 4.79 Å². The van der Waals surface area contributed by atoms with Crippen molar-refractivity contribution in [3.63, 3.8) is 0 Å². The van der Waals surface area contributed by atoms with Gasteiger partial charge in [-0.3, -0.25) is 4.79 Å². The van der Waals surface area contributed by atoms with Gasteiger partial charge < -0.3 is 0 Å². The summed E-state index contributed by atoms with van der Waals surface area (Å²) in [4.78, 5) is 11.2. The molecule has 0 heterocycles. The number of ketones is 1. The normalized spacial score (nSPS) is 44.5. The molecule has 0 N–H and O–H groups in total. The minimum absolute atomic E-state index is 0.247. The molecule has 0 amide bonds. The predicted molar refractivity (Wildman–Crippen MR) is 39.6 cm³/mol. The Morgan fingerprint density at radius 2 is 2.50 bits per heavy atom. The average molecular weight is 136 g/mol. The SMILES string of the molecule is C[C@]12C=CC(=O)[C@H]1CCC2. The lowest BCUT2D eigenvalue weighted by atomic mass is 9.83. The third-order valence-electron chi connectivity index (χ3n) is 2.98. The highest BCUT2D eigenvalue weighted by atomic mass is 16.1. The average Bonchev–Trinajstić information content (AvgIpc) is 2.35. The third kappa shape index (κ3) is 0.606. The zero-order valence-electron chi connectivity index (χ0n) is 6.26. The molecule has 0 aromatic heterocycles. The van der Waals surface area contributed by atoms with Crippen LogP contribution >= 0.6 is 0 Å². The third-order valence-corrected chi connectivity index (χ3v) is 2.98. The molecule has 0 saturated heterocycles. The van der Waals surface area contributed by atoms with E-state index in [-0.39, 0.29) is 5.41 Å². The van der Waals surface area contributed by atoms with Gasteiger partial charge in [-0.05, 0) is 24.3 Å². The first kappa shape index (κ1) is 6.14. The topological polar surface area (TPSA) is 17.1 Å². The summed E-state index contributed by atoms with van der Waals surface area (Å²) in [6.07, 6.45) is 7.43. The minimum atomic E-state index is 0.247. The summed E-state index contributed by atoms with van der Waals surface area (Å²) in [6.45, 7) is 2.20. The van der Waals surface area contributed by atoms with Crippen LogP contribution in [0.25, 0.3) is 0 Å². The Balaban J connectivity index is 2.35. The maximum absolute atomic E-state index is 11.2. The largest absolute Gasteiger partial charge is 0.295 e. The quantitative estimate of drug-likeness (QED) is 0.497. The molecule has 54 valence electrons. The Labute approximate surface area is 61.1 Å². The van der Waals surface area contributed by atoms with Crippen LogP contribution in [0.1, 0.15) is 26.2 Å². The number of allylic oxidation sites excluding steroid dienone is 2. The molecule has 0 aromatic carbocycles. The molecule has 2 rings (SSSR count). The van der Waals surface area contributed by atoms with Crippen LogP contribution in [0.4, 0.5) is 0 Å². The van der Waals surface area contributed by atoms with Crippen molar-refractivity contribution in [3.8, 4) is 0 Å². The van der Waals surface area contributed by atoms with Crippen LogP contribution in [-0.4, -0.2) is 5.78 Å². The van der Waals surface area contributed by atoms with Gasteiger partial charge in [0.15, 0.2) is 5.78 Å². The first-order valence-electron chi connectivity index (χ1n) is 3.95. The zero-order valence-corrected chi connectivity index (χ0v) is 6.26. The number of hydrogen-bond donors (Lipinski definition) is 0. The first-order valence-corrected chi connectivity index (χ1v) is 3.95. The van der Waals surface area contributed by atoms with E-state index in [1.165, 1.54) is 12.8 Å². The van der Waals surface area contributed by atoms with Crippen molar-refractivity contribution in [1.82, 2.24) is 0 Å². The maximum atomic E-state index is 11.2.